The lowest BCUT2D eigenvalue weighted by atomic mass is 10.2. The van der Waals surface area contributed by atoms with Crippen LogP contribution in [0.1, 0.15) is 32.8 Å². The van der Waals surface area contributed by atoms with E-state index in [1.165, 1.54) is 14.2 Å². The number of alkyl halides is 1. The molecule has 0 fully saturated rings. The Morgan fingerprint density at radius 1 is 1.29 bits per heavy atom. The zero-order chi connectivity index (χ0) is 20.7. The summed E-state index contributed by atoms with van der Waals surface area (Å²) in [5.41, 5.74) is -0.767. The minimum absolute atomic E-state index is 0.0122. The van der Waals surface area contributed by atoms with Gasteiger partial charge in [-0.15, -0.1) is 0 Å². The molecule has 0 saturated carbocycles. The predicted molar refractivity (Wildman–Crippen MR) is 98.4 cm³/mol. The van der Waals surface area contributed by atoms with Gasteiger partial charge in [-0.3, -0.25) is 9.59 Å². The number of carbonyl (C=O) groups excluding carboxylic acids is 2. The number of halogens is 1. The molecule has 9 heteroatoms. The molecule has 0 saturated heterocycles. The molecule has 0 unspecified atom stereocenters. The fourth-order valence-corrected chi connectivity index (χ4v) is 2.43. The number of benzene rings is 1. The first kappa shape index (κ1) is 20.9. The molecular formula is C19H21FN2O6. The zero-order valence-corrected chi connectivity index (χ0v) is 15.5. The van der Waals surface area contributed by atoms with Crippen molar-refractivity contribution in [1.82, 2.24) is 9.88 Å². The molecule has 0 aliphatic rings. The Hall–Kier alpha value is -3.36. The van der Waals surface area contributed by atoms with E-state index in [1.807, 2.05) is 0 Å². The SMILES string of the molecule is COC(=O)c1cccc(OCCCNC(=O)c2cc(CF)n(C)c(=O)c2O)c1. The number of methoxy groups -OCH3 is 1. The van der Waals surface area contributed by atoms with Crippen LogP contribution >= 0.6 is 0 Å². The Labute approximate surface area is 160 Å². The number of nitrogens with zero attached hydrogens (tertiary/aromatic N) is 1. The van der Waals surface area contributed by atoms with E-state index in [4.69, 9.17) is 4.74 Å². The first-order valence-electron chi connectivity index (χ1n) is 8.46. The summed E-state index contributed by atoms with van der Waals surface area (Å²) in [7, 11) is 2.60. The largest absolute Gasteiger partial charge is 0.502 e. The third kappa shape index (κ3) is 4.87. The molecule has 2 rings (SSSR count). The standard InChI is InChI=1S/C19H21FN2O6/c1-22-13(11-20)10-15(16(23)18(22)25)17(24)21-7-4-8-28-14-6-3-5-12(9-14)19(26)27-2/h3,5-6,9-10,23H,4,7-8,11H2,1-2H3,(H,21,24). The summed E-state index contributed by atoms with van der Waals surface area (Å²) in [4.78, 5) is 35.4. The molecule has 2 N–H and O–H groups in total. The fraction of sp³-hybridized carbons (Fsp3) is 0.316. The van der Waals surface area contributed by atoms with Gasteiger partial charge in [0.05, 0.1) is 30.5 Å². The second kappa shape index (κ2) is 9.54. The van der Waals surface area contributed by atoms with Gasteiger partial charge in [0.2, 0.25) is 0 Å². The number of nitrogens with one attached hydrogen (secondary N) is 1. The van der Waals surface area contributed by atoms with Crippen molar-refractivity contribution in [2.75, 3.05) is 20.3 Å². The summed E-state index contributed by atoms with van der Waals surface area (Å²) in [5.74, 6) is -1.41. The number of rotatable bonds is 8. The second-order valence-corrected chi connectivity index (χ2v) is 5.87. The molecule has 0 bridgehead atoms. The van der Waals surface area contributed by atoms with Crippen LogP contribution in [-0.4, -0.2) is 41.8 Å². The summed E-state index contributed by atoms with van der Waals surface area (Å²) in [6.07, 6.45) is 0.426. The van der Waals surface area contributed by atoms with Crippen LogP contribution < -0.4 is 15.6 Å². The molecule has 0 atom stereocenters. The molecule has 1 heterocycles. The Morgan fingerprint density at radius 3 is 2.71 bits per heavy atom. The highest BCUT2D eigenvalue weighted by Crippen LogP contribution is 2.15. The third-order valence-electron chi connectivity index (χ3n) is 4.02. The van der Waals surface area contributed by atoms with Crippen molar-refractivity contribution < 1.29 is 28.6 Å². The monoisotopic (exact) mass is 392 g/mol. The lowest BCUT2D eigenvalue weighted by Crippen LogP contribution is -2.29. The van der Waals surface area contributed by atoms with E-state index in [1.54, 1.807) is 24.3 Å². The number of aromatic hydroxyl groups is 1. The number of ether oxygens (including phenoxy) is 2. The number of aromatic nitrogens is 1. The van der Waals surface area contributed by atoms with Gasteiger partial charge >= 0.3 is 5.97 Å². The summed E-state index contributed by atoms with van der Waals surface area (Å²) in [5, 5.41) is 12.4. The number of carbonyl (C=O) groups is 2. The Balaban J connectivity index is 1.88. The lowest BCUT2D eigenvalue weighted by Gasteiger charge is -2.11. The van der Waals surface area contributed by atoms with Gasteiger partial charge in [0.1, 0.15) is 12.4 Å². The Kier molecular flexibility index (Phi) is 7.14. The lowest BCUT2D eigenvalue weighted by molar-refractivity contribution is 0.0600. The molecule has 1 aromatic heterocycles. The summed E-state index contributed by atoms with van der Waals surface area (Å²) < 4.78 is 24.0. The maximum Gasteiger partial charge on any atom is 0.337 e. The van der Waals surface area contributed by atoms with Gasteiger partial charge in [0.25, 0.3) is 11.5 Å². The van der Waals surface area contributed by atoms with E-state index in [9.17, 15) is 23.9 Å². The molecule has 0 aliphatic carbocycles. The maximum atomic E-state index is 12.9. The number of pyridine rings is 1. The fourth-order valence-electron chi connectivity index (χ4n) is 2.43. The smallest absolute Gasteiger partial charge is 0.337 e. The van der Waals surface area contributed by atoms with E-state index < -0.39 is 29.9 Å². The third-order valence-corrected chi connectivity index (χ3v) is 4.02. The number of esters is 1. The van der Waals surface area contributed by atoms with Crippen LogP contribution in [0.25, 0.3) is 0 Å². The van der Waals surface area contributed by atoms with Crippen LogP contribution in [0.15, 0.2) is 35.1 Å². The highest BCUT2D eigenvalue weighted by Gasteiger charge is 2.17. The van der Waals surface area contributed by atoms with Gasteiger partial charge in [-0.25, -0.2) is 9.18 Å². The second-order valence-electron chi connectivity index (χ2n) is 5.87. The van der Waals surface area contributed by atoms with Crippen molar-refractivity contribution in [3.8, 4) is 11.5 Å². The zero-order valence-electron chi connectivity index (χ0n) is 15.5. The van der Waals surface area contributed by atoms with Crippen LogP contribution in [0.4, 0.5) is 4.39 Å². The number of hydrogen-bond acceptors (Lipinski definition) is 6. The van der Waals surface area contributed by atoms with E-state index in [0.717, 1.165) is 10.6 Å². The van der Waals surface area contributed by atoms with E-state index in [2.05, 4.69) is 10.1 Å². The summed E-state index contributed by atoms with van der Waals surface area (Å²) in [6, 6.07) is 7.62. The van der Waals surface area contributed by atoms with Gasteiger partial charge in [-0.05, 0) is 30.7 Å². The molecule has 0 aliphatic heterocycles. The molecule has 8 nitrogen and oxygen atoms in total. The van der Waals surface area contributed by atoms with Gasteiger partial charge in [0.15, 0.2) is 5.75 Å². The first-order chi connectivity index (χ1) is 13.4. The molecule has 0 spiro atoms. The van der Waals surface area contributed by atoms with E-state index in [0.29, 0.717) is 17.7 Å². The van der Waals surface area contributed by atoms with Crippen molar-refractivity contribution in [2.45, 2.75) is 13.1 Å². The van der Waals surface area contributed by atoms with Crippen molar-refractivity contribution in [1.29, 1.82) is 0 Å². The first-order valence-corrected chi connectivity index (χ1v) is 8.46. The highest BCUT2D eigenvalue weighted by atomic mass is 19.1. The molecule has 1 aromatic carbocycles. The van der Waals surface area contributed by atoms with Crippen molar-refractivity contribution >= 4 is 11.9 Å². The average molecular weight is 392 g/mol. The molecular weight excluding hydrogens is 371 g/mol. The van der Waals surface area contributed by atoms with E-state index in [-0.39, 0.29) is 24.4 Å². The Bertz CT molecular complexity index is 925. The summed E-state index contributed by atoms with van der Waals surface area (Å²) in [6.45, 7) is -0.483. The van der Waals surface area contributed by atoms with Crippen LogP contribution in [0, 0.1) is 0 Å². The van der Waals surface area contributed by atoms with Crippen molar-refractivity contribution in [2.24, 2.45) is 7.05 Å². The van der Waals surface area contributed by atoms with Gasteiger partial charge in [-0.2, -0.15) is 0 Å². The van der Waals surface area contributed by atoms with Gasteiger partial charge < -0.3 is 24.5 Å². The minimum Gasteiger partial charge on any atom is -0.502 e. The minimum atomic E-state index is -0.940. The molecule has 150 valence electrons. The highest BCUT2D eigenvalue weighted by molar-refractivity contribution is 5.96. The van der Waals surface area contributed by atoms with Crippen LogP contribution in [0.5, 0.6) is 11.5 Å². The van der Waals surface area contributed by atoms with Crippen LogP contribution in [0.2, 0.25) is 0 Å². The number of hydrogen-bond donors (Lipinski definition) is 2. The van der Waals surface area contributed by atoms with Gasteiger partial charge in [-0.1, -0.05) is 6.07 Å². The Morgan fingerprint density at radius 2 is 2.04 bits per heavy atom. The van der Waals surface area contributed by atoms with Crippen LogP contribution in [-0.2, 0) is 18.5 Å². The average Bonchev–Trinajstić information content (AvgIpc) is 2.71. The van der Waals surface area contributed by atoms with Crippen molar-refractivity contribution in [3.05, 3.63) is 57.5 Å². The number of amides is 1. The quantitative estimate of drug-likeness (QED) is 0.521. The normalized spacial score (nSPS) is 10.4. The molecule has 28 heavy (non-hydrogen) atoms. The molecule has 0 radical (unpaired) electrons. The van der Waals surface area contributed by atoms with Crippen molar-refractivity contribution in [3.63, 3.8) is 0 Å². The molecule has 1 amide bonds. The topological polar surface area (TPSA) is 107 Å². The summed E-state index contributed by atoms with van der Waals surface area (Å²) >= 11 is 0. The molecule has 2 aromatic rings. The predicted octanol–water partition coefficient (Wildman–Crippen LogP) is 1.55. The maximum absolute atomic E-state index is 12.9. The van der Waals surface area contributed by atoms with E-state index >= 15 is 0 Å². The van der Waals surface area contributed by atoms with Gasteiger partial charge in [0, 0.05) is 13.6 Å². The van der Waals surface area contributed by atoms with Crippen LogP contribution in [0.3, 0.4) is 0 Å².